The first-order chi connectivity index (χ1) is 59.9. The van der Waals surface area contributed by atoms with Crippen LogP contribution in [0.1, 0.15) is 378 Å². The molecule has 27 heteroatoms. The van der Waals surface area contributed by atoms with Crippen LogP contribution in [-0.2, 0) is 14.5 Å². The van der Waals surface area contributed by atoms with Gasteiger partial charge in [-0.05, 0) is 446 Å². The van der Waals surface area contributed by atoms with E-state index >= 15 is 0 Å². The molecule has 0 atom stereocenters. The number of amidine groups is 3. The molecular weight excluding hydrogens is 1650 g/mol. The molecule has 5 N–H and O–H groups in total. The van der Waals surface area contributed by atoms with Gasteiger partial charge in [0.15, 0.2) is 11.7 Å². The Morgan fingerprint density at radius 3 is 0.848 bits per heavy atom. The molecule has 12 aliphatic heterocycles. The topological polar surface area (TPSA) is 177 Å². The monoisotopic (exact) mass is 1850 g/mol. The molecule has 0 spiro atoms. The molecule has 0 aromatic heterocycles. The average molecular weight is 1850 g/mol. The maximum absolute atomic E-state index is 7.59. The number of aliphatic imine (C=N–C) groups is 1. The van der Waals surface area contributed by atoms with Crippen molar-refractivity contribution >= 4 is 17.5 Å². The first-order valence-electron chi connectivity index (χ1n) is 51.7. The number of hydrogen-bond acceptors (Lipinski definition) is 26. The van der Waals surface area contributed by atoms with E-state index in [4.69, 9.17) is 29.7 Å². The van der Waals surface area contributed by atoms with Gasteiger partial charge >= 0.3 is 0 Å². The van der Waals surface area contributed by atoms with Crippen molar-refractivity contribution in [3.63, 3.8) is 0 Å². The SMILES string of the molecule is CN1C(C)(C)CC(ON2N=C(N(C3CC(C)(C)N(C)C(C)(C)C3)C3CC(C)(C)N(C)C(C)(C)C3)C=C(NCCCN(CCCN=C3C=C(N(C4CC(C)(C)N(C)C(C)(C)C4)C4CC(C)(C)N(C)C(C)(C)C4)NN(OC4CC(C)(C)N(C)C(C)(C)C4)N3)C3=NN(OC4CC(C)(C)N(C)C(C)(C)C4)NC(N(C4CC(C)(C)N(C)C(C)(C)C4)C4CC(C)(C)N(C)C(C)(C)C4)=C3)N2)CC1(C)C. The lowest BCUT2D eigenvalue weighted by Gasteiger charge is -2.61. The number of rotatable bonds is 23. The molecule has 9 fully saturated rings. The van der Waals surface area contributed by atoms with Gasteiger partial charge in [0.2, 0.25) is 0 Å². The Kier molecular flexibility index (Phi) is 29.2. The van der Waals surface area contributed by atoms with Crippen LogP contribution in [0.2, 0.25) is 0 Å². The molecule has 0 aliphatic carbocycles. The van der Waals surface area contributed by atoms with Crippen molar-refractivity contribution in [1.29, 1.82) is 0 Å². The van der Waals surface area contributed by atoms with Crippen LogP contribution in [0.25, 0.3) is 0 Å². The molecule has 0 bridgehead atoms. The molecule has 132 heavy (non-hydrogen) atoms. The average Bonchev–Trinajstić information content (AvgIpc) is 0.742. The Bertz CT molecular complexity index is 3940. The van der Waals surface area contributed by atoms with Gasteiger partial charge in [0.1, 0.15) is 23.3 Å². The van der Waals surface area contributed by atoms with Gasteiger partial charge in [0, 0.05) is 180 Å². The first kappa shape index (κ1) is 106. The van der Waals surface area contributed by atoms with E-state index in [-0.39, 0.29) is 154 Å². The first-order valence-corrected chi connectivity index (χ1v) is 51.7. The second kappa shape index (κ2) is 36.2. The van der Waals surface area contributed by atoms with E-state index in [2.05, 4.69) is 422 Å². The Morgan fingerprint density at radius 1 is 0.295 bits per heavy atom. The number of nitrogens with one attached hydrogen (secondary N) is 5. The van der Waals surface area contributed by atoms with Crippen molar-refractivity contribution in [2.45, 2.75) is 532 Å². The zero-order valence-electron chi connectivity index (χ0n) is 93.1. The van der Waals surface area contributed by atoms with Gasteiger partial charge in [0.25, 0.3) is 0 Å². The minimum atomic E-state index is -0.141. The lowest BCUT2D eigenvalue weighted by atomic mass is 9.73. The summed E-state index contributed by atoms with van der Waals surface area (Å²) in [6, 6.07) is 1.18. The molecule has 0 saturated carbocycles. The van der Waals surface area contributed by atoms with Crippen LogP contribution in [0, 0.1) is 0 Å². The van der Waals surface area contributed by atoms with Crippen molar-refractivity contribution in [2.75, 3.05) is 89.6 Å². The van der Waals surface area contributed by atoms with Crippen LogP contribution in [0.15, 0.2) is 50.9 Å². The molecule has 0 unspecified atom stereocenters. The second-order valence-electron chi connectivity index (χ2n) is 55.4. The summed E-state index contributed by atoms with van der Waals surface area (Å²) in [5, 5.41) is 21.1. The molecule has 12 rings (SSSR count). The van der Waals surface area contributed by atoms with Gasteiger partial charge in [-0.25, -0.2) is 20.5 Å². The van der Waals surface area contributed by atoms with Crippen molar-refractivity contribution in [3.8, 4) is 0 Å². The Morgan fingerprint density at radius 2 is 0.545 bits per heavy atom. The summed E-state index contributed by atoms with van der Waals surface area (Å²) in [7, 11) is 20.9. The summed E-state index contributed by atoms with van der Waals surface area (Å²) in [4.78, 5) is 62.6. The zero-order chi connectivity index (χ0) is 98.8. The number of hydrazine groups is 4. The van der Waals surface area contributed by atoms with Crippen molar-refractivity contribution in [1.82, 2.24) is 107 Å². The number of hydrogen-bond donors (Lipinski definition) is 5. The molecule has 9 saturated heterocycles. The fraction of sp³-hybridized carbons (Fsp3) is 0.914. The number of nitrogens with zero attached hydrogens (tertiary/aromatic N) is 19. The van der Waals surface area contributed by atoms with Gasteiger partial charge in [-0.1, -0.05) is 10.6 Å². The van der Waals surface area contributed by atoms with Gasteiger partial charge in [0.05, 0.1) is 18.3 Å². The smallest absolute Gasteiger partial charge is 0.157 e. The third-order valence-corrected chi connectivity index (χ3v) is 37.6. The van der Waals surface area contributed by atoms with E-state index in [1.165, 1.54) is 0 Å². The fourth-order valence-electron chi connectivity index (χ4n) is 28.0. The van der Waals surface area contributed by atoms with Crippen LogP contribution in [0.3, 0.4) is 0 Å². The van der Waals surface area contributed by atoms with E-state index in [0.717, 1.165) is 163 Å². The van der Waals surface area contributed by atoms with Crippen molar-refractivity contribution in [3.05, 3.63) is 35.7 Å². The van der Waals surface area contributed by atoms with Gasteiger partial charge in [-0.3, -0.25) is 64.8 Å². The Labute approximate surface area is 806 Å². The van der Waals surface area contributed by atoms with Crippen LogP contribution in [0.4, 0.5) is 0 Å². The lowest BCUT2D eigenvalue weighted by Crippen LogP contribution is -2.69. The minimum absolute atomic E-state index is 0.0703. The van der Waals surface area contributed by atoms with Gasteiger partial charge in [-0.15, -0.1) is 10.2 Å². The molecule has 0 radical (unpaired) electrons. The molecule has 758 valence electrons. The Hall–Kier alpha value is -4.49. The summed E-state index contributed by atoms with van der Waals surface area (Å²) in [6.45, 7) is 89.9. The fourth-order valence-corrected chi connectivity index (χ4v) is 28.0. The predicted molar refractivity (Wildman–Crippen MR) is 548 cm³/mol. The standard InChI is InChI=1S/C105H200N24O3/c1-88(2)55-73(56-89(3,4)114(88)37)124(74-57-90(5,6)115(38)91(7,8)58-74)85-52-82(108-127(111-85)130-79-67-100(25,26)120(43)101(27,28)68-79)106-48-46-50-123(84-54-87(113-129(110-84)132-81-71-104(33,34)122(45)105(35,36)72-81)126(77-63-96(17,18)118(41)97(19,20)64-77)78-65-98(21,22)119(42)99(23,24)66-78)51-47-49-107-83-53-86(112-128(109-83)131-80-69-102(29,30)121(44)103(31,32)70-80)125(75-59-92(9,10)116(39)93(11,12)60-75)76-61-94(13,14)117(40)95(15,16)62-76/h52-54,73-81,106,108,112-113H,46-51,55-72H2,1-45H3,(H,107,109). The van der Waals surface area contributed by atoms with E-state index in [1.54, 1.807) is 5.28 Å². The highest BCUT2D eigenvalue weighted by Crippen LogP contribution is 2.52. The van der Waals surface area contributed by atoms with E-state index in [0.29, 0.717) is 26.2 Å². The van der Waals surface area contributed by atoms with Crippen LogP contribution < -0.4 is 27.0 Å². The molecule has 27 nitrogen and oxygen atoms in total. The van der Waals surface area contributed by atoms with Crippen molar-refractivity contribution < 1.29 is 14.5 Å². The number of piperidine rings is 9. The third kappa shape index (κ3) is 22.3. The molecule has 0 amide bonds. The molecule has 12 heterocycles. The lowest BCUT2D eigenvalue weighted by molar-refractivity contribution is -0.272. The minimum Gasteiger partial charge on any atom is -0.370 e. The van der Waals surface area contributed by atoms with Crippen LogP contribution in [-0.4, -0.2) is 341 Å². The molecule has 12 aliphatic rings. The summed E-state index contributed by atoms with van der Waals surface area (Å²) in [6.07, 6.45) is 25.3. The maximum Gasteiger partial charge on any atom is 0.157 e. The normalized spacial score (nSPS) is 30.2. The summed E-state index contributed by atoms with van der Waals surface area (Å²) in [5.41, 5.74) is 14.0. The van der Waals surface area contributed by atoms with Gasteiger partial charge in [-0.2, -0.15) is 0 Å². The van der Waals surface area contributed by atoms with Crippen LogP contribution >= 0.6 is 0 Å². The Balaban J connectivity index is 0.976. The highest BCUT2D eigenvalue weighted by molar-refractivity contribution is 5.95. The molecule has 0 aromatic rings. The summed E-state index contributed by atoms with van der Waals surface area (Å²) in [5.74, 6) is 5.54. The van der Waals surface area contributed by atoms with E-state index < -0.39 is 0 Å². The third-order valence-electron chi connectivity index (χ3n) is 37.6. The quantitative estimate of drug-likeness (QED) is 0.0610. The van der Waals surface area contributed by atoms with Gasteiger partial charge < -0.3 is 24.9 Å². The van der Waals surface area contributed by atoms with E-state index in [1.807, 2.05) is 10.6 Å². The highest BCUT2D eigenvalue weighted by Gasteiger charge is 2.58. The maximum atomic E-state index is 7.59. The van der Waals surface area contributed by atoms with Crippen molar-refractivity contribution in [2.24, 2.45) is 15.2 Å². The summed E-state index contributed by atoms with van der Waals surface area (Å²) >= 11 is 0. The number of hydrazone groups is 2. The highest BCUT2D eigenvalue weighted by atomic mass is 16.8. The molecular formula is C105H200N24O3. The van der Waals surface area contributed by atoms with Crippen LogP contribution in [0.5, 0.6) is 0 Å². The number of likely N-dealkylation sites (tertiary alicyclic amines) is 9. The second-order valence-corrected chi connectivity index (χ2v) is 55.4. The molecule has 0 aromatic carbocycles. The predicted octanol–water partition coefficient (Wildman–Crippen LogP) is 16.7. The summed E-state index contributed by atoms with van der Waals surface area (Å²) < 4.78 is 0. The largest absolute Gasteiger partial charge is 0.370 e. The van der Waals surface area contributed by atoms with E-state index in [9.17, 15) is 0 Å². The zero-order valence-corrected chi connectivity index (χ0v) is 93.1.